The molecule has 0 fully saturated rings. The number of methoxy groups -OCH3 is 1. The second kappa shape index (κ2) is 7.19. The molecule has 25 heavy (non-hydrogen) atoms. The van der Waals surface area contributed by atoms with Crippen molar-refractivity contribution >= 4 is 21.6 Å². The highest BCUT2D eigenvalue weighted by Crippen LogP contribution is 2.21. The van der Waals surface area contributed by atoms with Gasteiger partial charge in [0.25, 0.3) is 15.9 Å². The highest BCUT2D eigenvalue weighted by atomic mass is 32.2. The van der Waals surface area contributed by atoms with Gasteiger partial charge in [0, 0.05) is 19.7 Å². The van der Waals surface area contributed by atoms with Gasteiger partial charge in [-0.1, -0.05) is 6.07 Å². The molecule has 9 heteroatoms. The van der Waals surface area contributed by atoms with E-state index in [1.807, 2.05) is 6.07 Å². The minimum Gasteiger partial charge on any atom is -0.480 e. The summed E-state index contributed by atoms with van der Waals surface area (Å²) in [6.07, 6.45) is 1.24. The molecule has 1 aromatic heterocycles. The number of nitrogens with zero attached hydrogens (tertiary/aromatic N) is 3. The molecular formula is C16H16N4O4S. The molecule has 130 valence electrons. The van der Waals surface area contributed by atoms with Crippen LogP contribution < -0.4 is 9.46 Å². The van der Waals surface area contributed by atoms with E-state index in [4.69, 9.17) is 10.00 Å². The normalized spacial score (nSPS) is 10.6. The molecule has 1 aromatic carbocycles. The molecular weight excluding hydrogens is 344 g/mol. The summed E-state index contributed by atoms with van der Waals surface area (Å²) >= 11 is 0. The van der Waals surface area contributed by atoms with Crippen LogP contribution in [0.1, 0.15) is 15.9 Å². The van der Waals surface area contributed by atoms with Crippen LogP contribution in [-0.4, -0.2) is 45.4 Å². The molecule has 0 aliphatic carbocycles. The summed E-state index contributed by atoms with van der Waals surface area (Å²) in [6, 6.07) is 8.87. The number of nitrogens with one attached hydrogen (secondary N) is 1. The van der Waals surface area contributed by atoms with Gasteiger partial charge in [0.05, 0.1) is 23.9 Å². The number of pyridine rings is 1. The van der Waals surface area contributed by atoms with Gasteiger partial charge in [0.15, 0.2) is 0 Å². The van der Waals surface area contributed by atoms with E-state index in [-0.39, 0.29) is 33.5 Å². The number of rotatable bonds is 5. The Bertz CT molecular complexity index is 949. The second-order valence-corrected chi connectivity index (χ2v) is 6.91. The third-order valence-corrected chi connectivity index (χ3v) is 4.59. The molecule has 0 saturated heterocycles. The molecule has 0 saturated carbocycles. The maximum absolute atomic E-state index is 12.5. The number of benzene rings is 1. The van der Waals surface area contributed by atoms with Crippen molar-refractivity contribution in [3.63, 3.8) is 0 Å². The maximum atomic E-state index is 12.5. The zero-order valence-corrected chi connectivity index (χ0v) is 14.7. The van der Waals surface area contributed by atoms with Gasteiger partial charge < -0.3 is 9.64 Å². The molecule has 0 unspecified atom stereocenters. The molecule has 0 radical (unpaired) electrons. The number of amides is 1. The van der Waals surface area contributed by atoms with Crippen molar-refractivity contribution < 1.29 is 17.9 Å². The zero-order valence-electron chi connectivity index (χ0n) is 13.8. The van der Waals surface area contributed by atoms with Gasteiger partial charge in [-0.05, 0) is 24.3 Å². The van der Waals surface area contributed by atoms with Crippen LogP contribution in [0.4, 0.5) is 5.69 Å². The average molecular weight is 360 g/mol. The van der Waals surface area contributed by atoms with E-state index in [9.17, 15) is 13.2 Å². The molecule has 1 amide bonds. The fourth-order valence-corrected chi connectivity index (χ4v) is 3.10. The predicted octanol–water partition coefficient (Wildman–Crippen LogP) is 1.46. The minimum absolute atomic E-state index is 0.0745. The lowest BCUT2D eigenvalue weighted by Crippen LogP contribution is -2.22. The number of nitriles is 1. The standard InChI is InChI=1S/C16H16N4O4S/c1-20(2)16(21)11-5-4-6-14(8-11)25(22,23)19-13-7-12(9-17)15(24-3)18-10-13/h4-8,10,19H,1-3H3. The summed E-state index contributed by atoms with van der Waals surface area (Å²) in [7, 11) is 0.566. The van der Waals surface area contributed by atoms with Gasteiger partial charge in [0.2, 0.25) is 5.88 Å². The second-order valence-electron chi connectivity index (χ2n) is 5.23. The highest BCUT2D eigenvalue weighted by molar-refractivity contribution is 7.92. The van der Waals surface area contributed by atoms with E-state index < -0.39 is 10.0 Å². The van der Waals surface area contributed by atoms with Crippen LogP contribution in [0.25, 0.3) is 0 Å². The van der Waals surface area contributed by atoms with E-state index in [1.165, 1.54) is 48.5 Å². The molecule has 2 aromatic rings. The number of aromatic nitrogens is 1. The number of carbonyl (C=O) groups is 1. The molecule has 8 nitrogen and oxygen atoms in total. The maximum Gasteiger partial charge on any atom is 0.261 e. The van der Waals surface area contributed by atoms with E-state index in [0.717, 1.165) is 0 Å². The predicted molar refractivity (Wildman–Crippen MR) is 90.8 cm³/mol. The average Bonchev–Trinajstić information content (AvgIpc) is 2.60. The summed E-state index contributed by atoms with van der Waals surface area (Å²) in [4.78, 5) is 17.1. The number of hydrogen-bond donors (Lipinski definition) is 1. The first-order chi connectivity index (χ1) is 11.8. The molecule has 0 spiro atoms. The number of ether oxygens (including phenoxy) is 1. The lowest BCUT2D eigenvalue weighted by atomic mass is 10.2. The van der Waals surface area contributed by atoms with Gasteiger partial charge in [-0.15, -0.1) is 0 Å². The summed E-state index contributed by atoms with van der Waals surface area (Å²) in [5.74, 6) is -0.209. The Morgan fingerprint density at radius 1 is 1.32 bits per heavy atom. The Kier molecular flexibility index (Phi) is 5.24. The van der Waals surface area contributed by atoms with Crippen LogP contribution >= 0.6 is 0 Å². The van der Waals surface area contributed by atoms with Gasteiger partial charge in [0.1, 0.15) is 11.6 Å². The Morgan fingerprint density at radius 3 is 2.64 bits per heavy atom. The van der Waals surface area contributed by atoms with Crippen LogP contribution in [-0.2, 0) is 10.0 Å². The van der Waals surface area contributed by atoms with Crippen LogP contribution in [0.15, 0.2) is 41.4 Å². The fraction of sp³-hybridized carbons (Fsp3) is 0.188. The number of sulfonamides is 1. The van der Waals surface area contributed by atoms with Crippen LogP contribution in [0.2, 0.25) is 0 Å². The molecule has 0 aliphatic rings. The van der Waals surface area contributed by atoms with E-state index in [2.05, 4.69) is 9.71 Å². The Labute approximate surface area is 145 Å². The summed E-state index contributed by atoms with van der Waals surface area (Å²) in [6.45, 7) is 0. The first kappa shape index (κ1) is 18.2. The molecule has 0 bridgehead atoms. The Morgan fingerprint density at radius 2 is 2.04 bits per heavy atom. The first-order valence-electron chi connectivity index (χ1n) is 7.07. The van der Waals surface area contributed by atoms with Gasteiger partial charge in [-0.3, -0.25) is 9.52 Å². The molecule has 0 aliphatic heterocycles. The van der Waals surface area contributed by atoms with Crippen molar-refractivity contribution in [2.45, 2.75) is 4.90 Å². The SMILES string of the molecule is COc1ncc(NS(=O)(=O)c2cccc(C(=O)N(C)C)c2)cc1C#N. The Balaban J connectivity index is 2.36. The van der Waals surface area contributed by atoms with Crippen molar-refractivity contribution in [3.05, 3.63) is 47.7 Å². The minimum atomic E-state index is -3.95. The largest absolute Gasteiger partial charge is 0.480 e. The third-order valence-electron chi connectivity index (χ3n) is 3.21. The van der Waals surface area contributed by atoms with Crippen LogP contribution in [0.5, 0.6) is 5.88 Å². The quantitative estimate of drug-likeness (QED) is 0.864. The Hall–Kier alpha value is -3.12. The molecule has 1 heterocycles. The molecule has 0 atom stereocenters. The summed E-state index contributed by atoms with van der Waals surface area (Å²) < 4.78 is 32.3. The number of carbonyl (C=O) groups excluding carboxylic acids is 1. The van der Waals surface area contributed by atoms with Crippen molar-refractivity contribution in [1.29, 1.82) is 5.26 Å². The van der Waals surface area contributed by atoms with Gasteiger partial charge >= 0.3 is 0 Å². The highest BCUT2D eigenvalue weighted by Gasteiger charge is 2.18. The van der Waals surface area contributed by atoms with Crippen molar-refractivity contribution in [2.24, 2.45) is 0 Å². The number of hydrogen-bond acceptors (Lipinski definition) is 6. The summed E-state index contributed by atoms with van der Waals surface area (Å²) in [5, 5.41) is 9.05. The van der Waals surface area contributed by atoms with Crippen molar-refractivity contribution in [2.75, 3.05) is 25.9 Å². The zero-order chi connectivity index (χ0) is 18.6. The smallest absolute Gasteiger partial charge is 0.261 e. The van der Waals surface area contributed by atoms with Crippen LogP contribution in [0.3, 0.4) is 0 Å². The van der Waals surface area contributed by atoms with E-state index in [0.29, 0.717) is 0 Å². The topological polar surface area (TPSA) is 112 Å². The van der Waals surface area contributed by atoms with Gasteiger partial charge in [-0.2, -0.15) is 5.26 Å². The van der Waals surface area contributed by atoms with Gasteiger partial charge in [-0.25, -0.2) is 13.4 Å². The third kappa shape index (κ3) is 4.05. The number of anilines is 1. The van der Waals surface area contributed by atoms with Crippen molar-refractivity contribution in [1.82, 2.24) is 9.88 Å². The van der Waals surface area contributed by atoms with E-state index >= 15 is 0 Å². The fourth-order valence-electron chi connectivity index (χ4n) is 2.02. The van der Waals surface area contributed by atoms with E-state index in [1.54, 1.807) is 14.1 Å². The first-order valence-corrected chi connectivity index (χ1v) is 8.55. The van der Waals surface area contributed by atoms with Crippen molar-refractivity contribution in [3.8, 4) is 11.9 Å². The monoisotopic (exact) mass is 360 g/mol. The summed E-state index contributed by atoms with van der Waals surface area (Å²) in [5.41, 5.74) is 0.458. The van der Waals surface area contributed by atoms with Crippen LogP contribution in [0, 0.1) is 11.3 Å². The lowest BCUT2D eigenvalue weighted by molar-refractivity contribution is 0.0827. The lowest BCUT2D eigenvalue weighted by Gasteiger charge is -2.12. The molecule has 1 N–H and O–H groups in total. The molecule has 2 rings (SSSR count).